The van der Waals surface area contributed by atoms with Crippen LogP contribution in [0.2, 0.25) is 0 Å². The largest absolute Gasteiger partial charge is 0.455 e. The number of aliphatic hydroxyl groups is 1. The predicted molar refractivity (Wildman–Crippen MR) is 189 cm³/mol. The molecular formula is C37H41BrN6O7. The van der Waals surface area contributed by atoms with Gasteiger partial charge in [0.25, 0.3) is 5.91 Å². The van der Waals surface area contributed by atoms with Crippen LogP contribution in [0, 0.1) is 11.8 Å². The Balaban J connectivity index is 1.32. The lowest BCUT2D eigenvalue weighted by Gasteiger charge is -2.35. The van der Waals surface area contributed by atoms with Crippen LogP contribution in [0.4, 0.5) is 0 Å². The Hall–Kier alpha value is -4.40. The van der Waals surface area contributed by atoms with Gasteiger partial charge < -0.3 is 29.3 Å². The summed E-state index contributed by atoms with van der Waals surface area (Å²) in [7, 11) is 1.70. The first kappa shape index (κ1) is 35.0. The second-order valence-corrected chi connectivity index (χ2v) is 14.5. The second kappa shape index (κ2) is 14.3. The van der Waals surface area contributed by atoms with Gasteiger partial charge in [-0.25, -0.2) is 4.68 Å². The zero-order valence-corrected chi connectivity index (χ0v) is 30.1. The Morgan fingerprint density at radius 3 is 2.53 bits per heavy atom. The third-order valence-electron chi connectivity index (χ3n) is 10.6. The molecule has 5 heterocycles. The predicted octanol–water partition coefficient (Wildman–Crippen LogP) is 3.34. The van der Waals surface area contributed by atoms with Crippen molar-refractivity contribution in [1.82, 2.24) is 29.7 Å². The molecule has 7 rings (SSSR count). The fourth-order valence-electron chi connectivity index (χ4n) is 7.90. The number of hydrogen-bond acceptors (Lipinski definition) is 9. The number of likely N-dealkylation sites (N-methyl/N-ethyl adjacent to an activating group) is 1. The van der Waals surface area contributed by atoms with E-state index in [0.29, 0.717) is 34.8 Å². The smallest absolute Gasteiger partial charge is 0.313 e. The van der Waals surface area contributed by atoms with Crippen molar-refractivity contribution in [2.24, 2.45) is 11.8 Å². The number of halogens is 1. The maximum atomic E-state index is 15.0. The number of aromatic nitrogens is 3. The molecule has 1 aromatic heterocycles. The fraction of sp³-hybridized carbons (Fsp3) is 0.459. The van der Waals surface area contributed by atoms with Crippen LogP contribution in [-0.2, 0) is 35.3 Å². The molecule has 0 radical (unpaired) electrons. The van der Waals surface area contributed by atoms with Gasteiger partial charge in [-0.1, -0.05) is 75.8 Å². The number of likely N-dealkylation sites (tertiary alicyclic amines) is 1. The first-order chi connectivity index (χ1) is 24.7. The van der Waals surface area contributed by atoms with E-state index in [1.807, 2.05) is 73.7 Å². The molecule has 51 heavy (non-hydrogen) atoms. The monoisotopic (exact) mass is 760 g/mol. The van der Waals surface area contributed by atoms with Crippen molar-refractivity contribution < 1.29 is 33.8 Å². The van der Waals surface area contributed by atoms with E-state index < -0.39 is 47.7 Å². The molecule has 2 fully saturated rings. The molecule has 3 amide bonds. The number of aliphatic hydroxyl groups excluding tert-OH is 1. The molecule has 2 aromatic carbocycles. The lowest BCUT2D eigenvalue weighted by molar-refractivity contribution is -0.164. The minimum absolute atomic E-state index is 0.0251. The van der Waals surface area contributed by atoms with Crippen LogP contribution in [0.25, 0.3) is 11.0 Å². The van der Waals surface area contributed by atoms with Crippen LogP contribution < -0.4 is 0 Å². The number of esters is 1. The van der Waals surface area contributed by atoms with Crippen molar-refractivity contribution in [2.75, 3.05) is 26.7 Å². The lowest BCUT2D eigenvalue weighted by Crippen LogP contribution is -2.56. The number of para-hydroxylation sites is 1. The molecule has 4 aliphatic rings. The minimum atomic E-state index is -1.46. The molecular weight excluding hydrogens is 720 g/mol. The number of amides is 3. The molecule has 5 bridgehead atoms. The minimum Gasteiger partial charge on any atom is -0.455 e. The van der Waals surface area contributed by atoms with E-state index in [1.165, 1.54) is 4.90 Å². The molecule has 0 aliphatic carbocycles. The molecule has 2 saturated heterocycles. The first-order valence-electron chi connectivity index (χ1n) is 17.4. The van der Waals surface area contributed by atoms with Gasteiger partial charge in [0, 0.05) is 37.6 Å². The number of carbonyl (C=O) groups excluding carboxylic acids is 4. The molecule has 0 saturated carbocycles. The number of hydrogen-bond donors (Lipinski definition) is 1. The molecule has 1 N–H and O–H groups in total. The topological polar surface area (TPSA) is 147 Å². The molecule has 1 spiro atoms. The number of fused-ring (bicyclic) bond motifs is 3. The van der Waals surface area contributed by atoms with E-state index in [1.54, 1.807) is 27.6 Å². The summed E-state index contributed by atoms with van der Waals surface area (Å²) >= 11 is 3.62. The highest BCUT2D eigenvalue weighted by atomic mass is 79.9. The number of rotatable bonds is 7. The maximum absolute atomic E-state index is 15.0. The highest BCUT2D eigenvalue weighted by Crippen LogP contribution is 2.59. The Bertz CT molecular complexity index is 1880. The van der Waals surface area contributed by atoms with Gasteiger partial charge in [-0.3, -0.25) is 19.2 Å². The molecule has 4 aliphatic heterocycles. The normalized spacial score (nSPS) is 30.6. The lowest BCUT2D eigenvalue weighted by atomic mass is 9.74. The summed E-state index contributed by atoms with van der Waals surface area (Å²) in [6, 6.07) is 15.0. The number of nitrogens with zero attached hydrogens (tertiary/aromatic N) is 6. The van der Waals surface area contributed by atoms with E-state index in [-0.39, 0.29) is 50.5 Å². The number of unbranched alkanes of at least 4 members (excludes halogenated alkanes) is 1. The summed E-state index contributed by atoms with van der Waals surface area (Å²) in [5, 5.41) is 18.2. The third kappa shape index (κ3) is 6.16. The van der Waals surface area contributed by atoms with Crippen molar-refractivity contribution >= 4 is 50.7 Å². The van der Waals surface area contributed by atoms with Crippen LogP contribution >= 0.6 is 15.9 Å². The number of benzene rings is 2. The Morgan fingerprint density at radius 2 is 1.75 bits per heavy atom. The second-order valence-electron chi connectivity index (χ2n) is 13.6. The number of cyclic esters (lactones) is 1. The van der Waals surface area contributed by atoms with Gasteiger partial charge in [-0.2, -0.15) is 0 Å². The summed E-state index contributed by atoms with van der Waals surface area (Å²) < 4.78 is 15.2. The van der Waals surface area contributed by atoms with Gasteiger partial charge in [0.15, 0.2) is 0 Å². The van der Waals surface area contributed by atoms with Crippen molar-refractivity contribution in [2.45, 2.75) is 69.2 Å². The van der Waals surface area contributed by atoms with E-state index in [4.69, 9.17) is 9.47 Å². The molecule has 268 valence electrons. The first-order valence-corrected chi connectivity index (χ1v) is 18.2. The van der Waals surface area contributed by atoms with Gasteiger partial charge in [-0.05, 0) is 50.0 Å². The van der Waals surface area contributed by atoms with Gasteiger partial charge in [0.1, 0.15) is 42.0 Å². The van der Waals surface area contributed by atoms with Crippen molar-refractivity contribution in [1.29, 1.82) is 0 Å². The Morgan fingerprint density at radius 1 is 0.980 bits per heavy atom. The van der Waals surface area contributed by atoms with Crippen LogP contribution in [0.15, 0.2) is 77.3 Å². The summed E-state index contributed by atoms with van der Waals surface area (Å²) in [6.07, 6.45) is 5.31. The van der Waals surface area contributed by atoms with E-state index >= 15 is 4.79 Å². The Labute approximate surface area is 304 Å². The summed E-state index contributed by atoms with van der Waals surface area (Å²) in [6.45, 7) is 2.13. The number of ether oxygens (including phenoxy) is 2. The molecule has 14 heteroatoms. The highest BCUT2D eigenvalue weighted by Gasteiger charge is 2.75. The molecule has 13 nitrogen and oxygen atoms in total. The van der Waals surface area contributed by atoms with Gasteiger partial charge in [0.2, 0.25) is 11.8 Å². The third-order valence-corrected chi connectivity index (χ3v) is 11.3. The van der Waals surface area contributed by atoms with E-state index in [0.717, 1.165) is 5.52 Å². The molecule has 0 unspecified atom stereocenters. The summed E-state index contributed by atoms with van der Waals surface area (Å²) in [4.78, 5) is 62.2. The quantitative estimate of drug-likeness (QED) is 0.218. The van der Waals surface area contributed by atoms with E-state index in [2.05, 4.69) is 26.2 Å². The van der Waals surface area contributed by atoms with Crippen LogP contribution in [-0.4, -0.2) is 109 Å². The number of carbonyl (C=O) groups is 4. The van der Waals surface area contributed by atoms with Gasteiger partial charge in [0.05, 0.1) is 17.5 Å². The van der Waals surface area contributed by atoms with Crippen molar-refractivity contribution in [3.63, 3.8) is 0 Å². The SMILES string of the molecule is C[C@H]1[C@H](c2ccccc2)OC(=O)[C@H]2[C@@H]3O[C@@]4(C=C3Br)[C@@H]2C(=O)N(CCCCO)[C@@H]4C(=O)N(Cn2nnc3ccccc32)C/C=C\CCC(=O)N1C. The average molecular weight is 762 g/mol. The van der Waals surface area contributed by atoms with Crippen LogP contribution in [0.3, 0.4) is 0 Å². The molecule has 3 aromatic rings. The maximum Gasteiger partial charge on any atom is 0.313 e. The molecule has 7 atom stereocenters. The summed E-state index contributed by atoms with van der Waals surface area (Å²) in [5.41, 5.74) is 0.650. The van der Waals surface area contributed by atoms with Gasteiger partial charge >= 0.3 is 5.97 Å². The van der Waals surface area contributed by atoms with E-state index in [9.17, 15) is 19.5 Å². The average Bonchev–Trinajstić information content (AvgIpc) is 3.86. The van der Waals surface area contributed by atoms with Crippen LogP contribution in [0.1, 0.15) is 44.3 Å². The number of allylic oxidation sites excluding steroid dienone is 1. The zero-order chi connectivity index (χ0) is 35.9. The zero-order valence-electron chi connectivity index (χ0n) is 28.5. The Kier molecular flexibility index (Phi) is 9.83. The standard InChI is InChI=1S/C37H41BrN6O7/c1-23-31(24-13-5-3-6-14-24)50-36(49)29-30-34(47)43(19-11-12-20-45)33(37(30)21-25(38)32(29)51-37)35(48)42(18-10-4-7-17-28(46)41(23)2)22-44-27-16-9-8-15-26(27)39-40-44/h3-6,8-10,13-16,21,23,29-33,45H,7,11-12,17-20,22H2,1-2H3/b10-4-/t23-,29+,30-,31+,32+,33+,37-/m0/s1. The fourth-order valence-corrected chi connectivity index (χ4v) is 8.63. The van der Waals surface area contributed by atoms with Crippen molar-refractivity contribution in [3.05, 3.63) is 82.9 Å². The summed E-state index contributed by atoms with van der Waals surface area (Å²) in [5.74, 6) is -3.64. The van der Waals surface area contributed by atoms with Gasteiger partial charge in [-0.15, -0.1) is 5.10 Å². The highest BCUT2D eigenvalue weighted by molar-refractivity contribution is 9.11. The van der Waals surface area contributed by atoms with Crippen LogP contribution in [0.5, 0.6) is 0 Å². The van der Waals surface area contributed by atoms with Crippen molar-refractivity contribution in [3.8, 4) is 0 Å².